The highest BCUT2D eigenvalue weighted by atomic mass is 35.5. The molecule has 11 heavy (non-hydrogen) atoms. The van der Waals surface area contributed by atoms with Crippen LogP contribution in [0.4, 0.5) is 0 Å². The Labute approximate surface area is 71.5 Å². The first-order chi connectivity index (χ1) is 5.34. The standard InChI is InChI=1S/C9H10ClN/c10-9(6-7-11)8-4-2-1-3-5-8/h1-6H,7,11H2. The van der Waals surface area contributed by atoms with Gasteiger partial charge in [-0.15, -0.1) is 0 Å². The first-order valence-electron chi connectivity index (χ1n) is 3.45. The number of rotatable bonds is 2. The third-order valence-electron chi connectivity index (χ3n) is 1.35. The normalized spacial score (nSPS) is 11.6. The van der Waals surface area contributed by atoms with Crippen molar-refractivity contribution in [2.24, 2.45) is 5.73 Å². The second-order valence-electron chi connectivity index (χ2n) is 2.15. The van der Waals surface area contributed by atoms with Crippen LogP contribution in [0.1, 0.15) is 5.56 Å². The summed E-state index contributed by atoms with van der Waals surface area (Å²) in [4.78, 5) is 0. The molecule has 1 nitrogen and oxygen atoms in total. The molecule has 0 aliphatic rings. The summed E-state index contributed by atoms with van der Waals surface area (Å²) < 4.78 is 0. The van der Waals surface area contributed by atoms with E-state index in [-0.39, 0.29) is 0 Å². The van der Waals surface area contributed by atoms with E-state index in [9.17, 15) is 0 Å². The Kier molecular flexibility index (Phi) is 3.14. The highest BCUT2D eigenvalue weighted by Crippen LogP contribution is 2.16. The lowest BCUT2D eigenvalue weighted by atomic mass is 10.2. The van der Waals surface area contributed by atoms with Crippen molar-refractivity contribution in [1.82, 2.24) is 0 Å². The molecule has 0 heterocycles. The minimum atomic E-state index is 0.480. The van der Waals surface area contributed by atoms with Gasteiger partial charge in [-0.1, -0.05) is 48.0 Å². The topological polar surface area (TPSA) is 26.0 Å². The van der Waals surface area contributed by atoms with Gasteiger partial charge >= 0.3 is 0 Å². The van der Waals surface area contributed by atoms with Crippen molar-refractivity contribution < 1.29 is 0 Å². The molecule has 0 aliphatic carbocycles. The van der Waals surface area contributed by atoms with Gasteiger partial charge in [0.1, 0.15) is 0 Å². The molecule has 0 saturated carbocycles. The first-order valence-corrected chi connectivity index (χ1v) is 3.83. The Morgan fingerprint density at radius 3 is 2.55 bits per heavy atom. The molecule has 0 spiro atoms. The highest BCUT2D eigenvalue weighted by Gasteiger charge is 1.92. The van der Waals surface area contributed by atoms with E-state index in [0.717, 1.165) is 5.56 Å². The quantitative estimate of drug-likeness (QED) is 0.718. The summed E-state index contributed by atoms with van der Waals surface area (Å²) in [7, 11) is 0. The van der Waals surface area contributed by atoms with E-state index >= 15 is 0 Å². The van der Waals surface area contributed by atoms with Crippen LogP contribution >= 0.6 is 11.6 Å². The van der Waals surface area contributed by atoms with Gasteiger partial charge in [-0.2, -0.15) is 0 Å². The lowest BCUT2D eigenvalue weighted by molar-refractivity contribution is 1.26. The van der Waals surface area contributed by atoms with E-state index in [4.69, 9.17) is 17.3 Å². The molecule has 0 unspecified atom stereocenters. The number of halogens is 1. The lowest BCUT2D eigenvalue weighted by Crippen LogP contribution is -1.93. The molecule has 2 heteroatoms. The molecular formula is C9H10ClN. The van der Waals surface area contributed by atoms with Crippen LogP contribution in [0.15, 0.2) is 36.4 Å². The molecule has 1 aromatic rings. The molecule has 0 saturated heterocycles. The maximum Gasteiger partial charge on any atom is 0.0451 e. The van der Waals surface area contributed by atoms with Gasteiger partial charge in [0.25, 0.3) is 0 Å². The second kappa shape index (κ2) is 4.16. The number of hydrogen-bond acceptors (Lipinski definition) is 1. The Hall–Kier alpha value is -0.790. The number of benzene rings is 1. The van der Waals surface area contributed by atoms with Crippen LogP contribution in [0.2, 0.25) is 0 Å². The molecule has 0 fully saturated rings. The predicted octanol–water partition coefficient (Wildman–Crippen LogP) is 2.23. The molecule has 0 bridgehead atoms. The largest absolute Gasteiger partial charge is 0.327 e. The van der Waals surface area contributed by atoms with Gasteiger partial charge in [-0.3, -0.25) is 0 Å². The molecule has 58 valence electrons. The lowest BCUT2D eigenvalue weighted by Gasteiger charge is -1.96. The Morgan fingerprint density at radius 2 is 2.00 bits per heavy atom. The van der Waals surface area contributed by atoms with Gasteiger partial charge in [-0.25, -0.2) is 0 Å². The third-order valence-corrected chi connectivity index (χ3v) is 1.72. The fourth-order valence-corrected chi connectivity index (χ4v) is 1.03. The molecular weight excluding hydrogens is 158 g/mol. The van der Waals surface area contributed by atoms with Gasteiger partial charge in [0.05, 0.1) is 0 Å². The summed E-state index contributed by atoms with van der Waals surface area (Å²) in [5.41, 5.74) is 6.32. The van der Waals surface area contributed by atoms with Crippen LogP contribution < -0.4 is 5.73 Å². The van der Waals surface area contributed by atoms with Gasteiger partial charge in [0, 0.05) is 11.6 Å². The summed E-state index contributed by atoms with van der Waals surface area (Å²) >= 11 is 5.89. The maximum absolute atomic E-state index is 5.89. The van der Waals surface area contributed by atoms with Gasteiger partial charge < -0.3 is 5.73 Å². The predicted molar refractivity (Wildman–Crippen MR) is 49.3 cm³/mol. The summed E-state index contributed by atoms with van der Waals surface area (Å²) in [6.07, 6.45) is 1.79. The Morgan fingerprint density at radius 1 is 1.36 bits per heavy atom. The van der Waals surface area contributed by atoms with Crippen LogP contribution in [0.3, 0.4) is 0 Å². The van der Waals surface area contributed by atoms with Crippen LogP contribution in [0.5, 0.6) is 0 Å². The molecule has 0 radical (unpaired) electrons. The molecule has 0 aliphatic heterocycles. The van der Waals surface area contributed by atoms with Gasteiger partial charge in [0.15, 0.2) is 0 Å². The third kappa shape index (κ3) is 2.37. The van der Waals surface area contributed by atoms with Crippen LogP contribution in [0, 0.1) is 0 Å². The van der Waals surface area contributed by atoms with Crippen molar-refractivity contribution in [2.45, 2.75) is 0 Å². The van der Waals surface area contributed by atoms with Crippen molar-refractivity contribution >= 4 is 16.6 Å². The first kappa shape index (κ1) is 8.31. The molecule has 2 N–H and O–H groups in total. The fraction of sp³-hybridized carbons (Fsp3) is 0.111. The number of nitrogens with two attached hydrogens (primary N) is 1. The molecule has 1 rings (SSSR count). The average Bonchev–Trinajstić information content (AvgIpc) is 2.07. The van der Waals surface area contributed by atoms with Crippen LogP contribution in [-0.2, 0) is 0 Å². The number of hydrogen-bond donors (Lipinski definition) is 1. The Bertz CT molecular complexity index is 241. The molecule has 0 aromatic heterocycles. The second-order valence-corrected chi connectivity index (χ2v) is 2.56. The van der Waals surface area contributed by atoms with Crippen molar-refractivity contribution in [3.63, 3.8) is 0 Å². The molecule has 0 amide bonds. The fourth-order valence-electron chi connectivity index (χ4n) is 0.819. The van der Waals surface area contributed by atoms with E-state index in [1.54, 1.807) is 6.08 Å². The van der Waals surface area contributed by atoms with Crippen molar-refractivity contribution in [1.29, 1.82) is 0 Å². The zero-order valence-electron chi connectivity index (χ0n) is 6.13. The monoisotopic (exact) mass is 167 g/mol. The van der Waals surface area contributed by atoms with E-state index in [2.05, 4.69) is 0 Å². The highest BCUT2D eigenvalue weighted by molar-refractivity contribution is 6.48. The van der Waals surface area contributed by atoms with E-state index < -0.39 is 0 Å². The summed E-state index contributed by atoms with van der Waals surface area (Å²) in [5, 5.41) is 0.716. The Balaban J connectivity index is 2.85. The molecule has 0 atom stereocenters. The van der Waals surface area contributed by atoms with E-state index in [1.807, 2.05) is 30.3 Å². The van der Waals surface area contributed by atoms with Gasteiger partial charge in [-0.05, 0) is 5.56 Å². The summed E-state index contributed by atoms with van der Waals surface area (Å²) in [6.45, 7) is 0.480. The van der Waals surface area contributed by atoms with Crippen molar-refractivity contribution in [2.75, 3.05) is 6.54 Å². The average molecular weight is 168 g/mol. The van der Waals surface area contributed by atoms with Crippen molar-refractivity contribution in [3.05, 3.63) is 42.0 Å². The minimum Gasteiger partial charge on any atom is -0.327 e. The van der Waals surface area contributed by atoms with E-state index in [1.165, 1.54) is 0 Å². The summed E-state index contributed by atoms with van der Waals surface area (Å²) in [5.74, 6) is 0. The van der Waals surface area contributed by atoms with Crippen molar-refractivity contribution in [3.8, 4) is 0 Å². The zero-order valence-corrected chi connectivity index (χ0v) is 6.88. The van der Waals surface area contributed by atoms with Crippen LogP contribution in [0.25, 0.3) is 5.03 Å². The minimum absolute atomic E-state index is 0.480. The molecule has 1 aromatic carbocycles. The maximum atomic E-state index is 5.89. The zero-order chi connectivity index (χ0) is 8.10. The SMILES string of the molecule is NCC=C(Cl)c1ccccc1. The summed E-state index contributed by atoms with van der Waals surface area (Å²) in [6, 6.07) is 9.75. The van der Waals surface area contributed by atoms with E-state index in [0.29, 0.717) is 11.6 Å². The smallest absolute Gasteiger partial charge is 0.0451 e. The van der Waals surface area contributed by atoms with Gasteiger partial charge in [0.2, 0.25) is 0 Å². The van der Waals surface area contributed by atoms with Crippen LogP contribution in [-0.4, -0.2) is 6.54 Å².